The number of rotatable bonds is 1. The topological polar surface area (TPSA) is 97.8 Å². The zero-order chi connectivity index (χ0) is 11.4. The maximum Gasteiger partial charge on any atom is 0.199 e. The molecule has 1 aromatic rings. The lowest BCUT2D eigenvalue weighted by atomic mass is 10.2. The summed E-state index contributed by atoms with van der Waals surface area (Å²) in [7, 11) is 0. The lowest BCUT2D eigenvalue weighted by Gasteiger charge is -2.11. The van der Waals surface area contributed by atoms with E-state index in [0.717, 1.165) is 14.8 Å². The van der Waals surface area contributed by atoms with E-state index in [2.05, 4.69) is 33.2 Å². The number of guanidine groups is 2. The monoisotopic (exact) mass is 317 g/mol. The normalized spacial score (nSPS) is 9.47. The summed E-state index contributed by atoms with van der Waals surface area (Å²) in [6.45, 7) is 2.00. The van der Waals surface area contributed by atoms with Gasteiger partial charge in [-0.3, -0.25) is 16.1 Å². The fourth-order valence-corrected chi connectivity index (χ4v) is 1.54. The molecule has 0 bridgehead atoms. The predicted octanol–water partition coefficient (Wildman–Crippen LogP) is 1.43. The van der Waals surface area contributed by atoms with Crippen molar-refractivity contribution in [2.45, 2.75) is 6.92 Å². The van der Waals surface area contributed by atoms with E-state index in [-0.39, 0.29) is 11.9 Å². The van der Waals surface area contributed by atoms with Crippen LogP contribution in [0.4, 0.5) is 5.69 Å². The SMILES string of the molecule is Cc1cccc(NC(=N)NC(=N)N)c1I. The molecular weight excluding hydrogens is 305 g/mol. The Bertz CT molecular complexity index is 401. The van der Waals surface area contributed by atoms with Gasteiger partial charge in [0.1, 0.15) is 0 Å². The highest BCUT2D eigenvalue weighted by molar-refractivity contribution is 14.1. The highest BCUT2D eigenvalue weighted by atomic mass is 127. The van der Waals surface area contributed by atoms with E-state index in [1.54, 1.807) is 0 Å². The van der Waals surface area contributed by atoms with Crippen molar-refractivity contribution in [3.63, 3.8) is 0 Å². The Balaban J connectivity index is 2.77. The molecule has 0 aliphatic heterocycles. The molecule has 6 N–H and O–H groups in total. The van der Waals surface area contributed by atoms with Crippen LogP contribution in [0.25, 0.3) is 0 Å². The second-order valence-corrected chi connectivity index (χ2v) is 4.05. The van der Waals surface area contributed by atoms with Crippen LogP contribution in [-0.2, 0) is 0 Å². The van der Waals surface area contributed by atoms with Crippen molar-refractivity contribution < 1.29 is 0 Å². The first kappa shape index (κ1) is 11.8. The maximum absolute atomic E-state index is 7.48. The van der Waals surface area contributed by atoms with Crippen LogP contribution in [0, 0.1) is 21.3 Å². The van der Waals surface area contributed by atoms with Gasteiger partial charge in [-0.1, -0.05) is 12.1 Å². The van der Waals surface area contributed by atoms with Crippen molar-refractivity contribution in [1.29, 1.82) is 10.8 Å². The number of aryl methyl sites for hydroxylation is 1. The highest BCUT2D eigenvalue weighted by Gasteiger charge is 2.04. The van der Waals surface area contributed by atoms with E-state index in [1.165, 1.54) is 0 Å². The molecule has 6 heteroatoms. The quantitative estimate of drug-likeness (QED) is 0.308. The second kappa shape index (κ2) is 4.96. The van der Waals surface area contributed by atoms with Crippen LogP contribution < -0.4 is 16.4 Å². The third-order valence-electron chi connectivity index (χ3n) is 1.71. The van der Waals surface area contributed by atoms with Crippen molar-refractivity contribution >= 4 is 40.2 Å². The van der Waals surface area contributed by atoms with Gasteiger partial charge in [0.15, 0.2) is 11.9 Å². The standard InChI is InChI=1S/C9H12IN5/c1-5-3-2-4-6(7(5)10)14-9(13)15-8(11)12/h2-4H,1H3,(H6,11,12,13,14,15). The van der Waals surface area contributed by atoms with Gasteiger partial charge in [-0.2, -0.15) is 0 Å². The minimum atomic E-state index is -0.254. The first-order valence-electron chi connectivity index (χ1n) is 4.22. The molecule has 15 heavy (non-hydrogen) atoms. The molecule has 0 saturated carbocycles. The molecule has 0 amide bonds. The molecule has 0 fully saturated rings. The van der Waals surface area contributed by atoms with E-state index in [4.69, 9.17) is 16.6 Å². The average molecular weight is 317 g/mol. The van der Waals surface area contributed by atoms with Gasteiger partial charge >= 0.3 is 0 Å². The zero-order valence-corrected chi connectivity index (χ0v) is 10.3. The maximum atomic E-state index is 7.48. The Hall–Kier alpha value is -1.31. The minimum absolute atomic E-state index is 0.00832. The van der Waals surface area contributed by atoms with Gasteiger partial charge in [0.25, 0.3) is 0 Å². The third-order valence-corrected chi connectivity index (χ3v) is 3.14. The van der Waals surface area contributed by atoms with Gasteiger partial charge in [-0.05, 0) is 41.1 Å². The van der Waals surface area contributed by atoms with E-state index >= 15 is 0 Å². The molecule has 0 heterocycles. The second-order valence-electron chi connectivity index (χ2n) is 2.98. The molecule has 0 radical (unpaired) electrons. The number of hydrogen-bond donors (Lipinski definition) is 5. The van der Waals surface area contributed by atoms with Crippen molar-refractivity contribution in [2.24, 2.45) is 5.73 Å². The molecule has 1 aromatic carbocycles. The highest BCUT2D eigenvalue weighted by Crippen LogP contribution is 2.20. The first-order valence-corrected chi connectivity index (χ1v) is 5.30. The number of halogens is 1. The van der Waals surface area contributed by atoms with Gasteiger partial charge in [0, 0.05) is 3.57 Å². The number of nitrogens with two attached hydrogens (primary N) is 1. The van der Waals surface area contributed by atoms with Crippen LogP contribution in [0.5, 0.6) is 0 Å². The molecule has 0 aliphatic rings. The van der Waals surface area contributed by atoms with Crippen molar-refractivity contribution in [2.75, 3.05) is 5.32 Å². The summed E-state index contributed by atoms with van der Waals surface area (Å²) in [5.74, 6) is -0.263. The summed E-state index contributed by atoms with van der Waals surface area (Å²) in [5, 5.41) is 19.6. The predicted molar refractivity (Wildman–Crippen MR) is 70.3 cm³/mol. The van der Waals surface area contributed by atoms with Crippen LogP contribution in [0.3, 0.4) is 0 Å². The van der Waals surface area contributed by atoms with Crippen molar-refractivity contribution in [3.8, 4) is 0 Å². The summed E-state index contributed by atoms with van der Waals surface area (Å²) >= 11 is 2.20. The van der Waals surface area contributed by atoms with Crippen molar-refractivity contribution in [3.05, 3.63) is 27.3 Å². The van der Waals surface area contributed by atoms with Crippen LogP contribution in [0.2, 0.25) is 0 Å². The van der Waals surface area contributed by atoms with Gasteiger partial charge in [-0.15, -0.1) is 0 Å². The van der Waals surface area contributed by atoms with Gasteiger partial charge in [-0.25, -0.2) is 0 Å². The minimum Gasteiger partial charge on any atom is -0.370 e. The van der Waals surface area contributed by atoms with Gasteiger partial charge in [0.05, 0.1) is 5.69 Å². The van der Waals surface area contributed by atoms with Gasteiger partial charge < -0.3 is 11.1 Å². The number of nitrogens with one attached hydrogen (secondary N) is 4. The molecule has 5 nitrogen and oxygen atoms in total. The largest absolute Gasteiger partial charge is 0.370 e. The number of benzene rings is 1. The summed E-state index contributed by atoms with van der Waals surface area (Å²) in [6.07, 6.45) is 0. The van der Waals surface area contributed by atoms with Gasteiger partial charge in [0.2, 0.25) is 0 Å². The third kappa shape index (κ3) is 3.39. The smallest absolute Gasteiger partial charge is 0.199 e. The lowest BCUT2D eigenvalue weighted by molar-refractivity contribution is 1.20. The lowest BCUT2D eigenvalue weighted by Crippen LogP contribution is -2.39. The number of hydrogen-bond acceptors (Lipinski definition) is 2. The van der Waals surface area contributed by atoms with E-state index in [1.807, 2.05) is 25.1 Å². The Labute approximate surface area is 102 Å². The van der Waals surface area contributed by atoms with E-state index in [9.17, 15) is 0 Å². The molecule has 0 unspecified atom stereocenters. The fourth-order valence-electron chi connectivity index (χ4n) is 1.04. The first-order chi connectivity index (χ1) is 7.00. The Morgan fingerprint density at radius 1 is 1.40 bits per heavy atom. The van der Waals surface area contributed by atoms with E-state index in [0.29, 0.717) is 0 Å². The van der Waals surface area contributed by atoms with Crippen LogP contribution in [0.1, 0.15) is 5.56 Å². The summed E-state index contributed by atoms with van der Waals surface area (Å²) < 4.78 is 1.05. The average Bonchev–Trinajstić information content (AvgIpc) is 2.11. The molecule has 80 valence electrons. The van der Waals surface area contributed by atoms with E-state index < -0.39 is 0 Å². The molecule has 0 spiro atoms. The Morgan fingerprint density at radius 2 is 2.07 bits per heavy atom. The van der Waals surface area contributed by atoms with Crippen LogP contribution >= 0.6 is 22.6 Å². The molecular formula is C9H12IN5. The number of anilines is 1. The van der Waals surface area contributed by atoms with Crippen molar-refractivity contribution in [1.82, 2.24) is 5.32 Å². The summed E-state index contributed by atoms with van der Waals surface area (Å²) in [6, 6.07) is 5.76. The molecule has 1 rings (SSSR count). The molecule has 0 aromatic heterocycles. The molecule has 0 atom stereocenters. The Kier molecular flexibility index (Phi) is 3.89. The Morgan fingerprint density at radius 3 is 2.67 bits per heavy atom. The van der Waals surface area contributed by atoms with Crippen LogP contribution in [-0.4, -0.2) is 11.9 Å². The molecule has 0 saturated heterocycles. The zero-order valence-electron chi connectivity index (χ0n) is 8.19. The summed E-state index contributed by atoms with van der Waals surface area (Å²) in [4.78, 5) is 0. The molecule has 0 aliphatic carbocycles. The van der Waals surface area contributed by atoms with Crippen LogP contribution in [0.15, 0.2) is 18.2 Å². The fraction of sp³-hybridized carbons (Fsp3) is 0.111. The summed E-state index contributed by atoms with van der Waals surface area (Å²) in [5.41, 5.74) is 7.07.